The number of carbonyl (C=O) groups excluding carboxylic acids is 1. The van der Waals surface area contributed by atoms with Gasteiger partial charge >= 0.3 is 0 Å². The van der Waals surface area contributed by atoms with Crippen molar-refractivity contribution in [3.63, 3.8) is 0 Å². The van der Waals surface area contributed by atoms with Gasteiger partial charge in [-0.1, -0.05) is 29.8 Å². The van der Waals surface area contributed by atoms with Gasteiger partial charge in [0.1, 0.15) is 16.6 Å². The maximum Gasteiger partial charge on any atom is 0.283 e. The summed E-state index contributed by atoms with van der Waals surface area (Å²) in [4.78, 5) is 27.5. The molecule has 2 aromatic carbocycles. The second kappa shape index (κ2) is 8.23. The lowest BCUT2D eigenvalue weighted by Gasteiger charge is -2.19. The van der Waals surface area contributed by atoms with E-state index in [-0.39, 0.29) is 17.1 Å². The van der Waals surface area contributed by atoms with Crippen LogP contribution in [0.2, 0.25) is 0 Å². The molecule has 1 N–H and O–H groups in total. The highest BCUT2D eigenvalue weighted by molar-refractivity contribution is 8.27. The average molecular weight is 471 g/mol. The summed E-state index contributed by atoms with van der Waals surface area (Å²) >= 11 is 1.24. The summed E-state index contributed by atoms with van der Waals surface area (Å²) in [7, 11) is 0. The fraction of sp³-hybridized carbons (Fsp3) is 0.0833. The molecule has 0 atom stereocenters. The number of nitrogens with zero attached hydrogens (tertiary/aromatic N) is 4. The number of amides is 1. The van der Waals surface area contributed by atoms with Gasteiger partial charge in [-0.3, -0.25) is 20.3 Å². The number of nitro benzene ring substituents is 1. The van der Waals surface area contributed by atoms with E-state index in [1.54, 1.807) is 18.2 Å². The lowest BCUT2D eigenvalue weighted by molar-refractivity contribution is -0.384. The summed E-state index contributed by atoms with van der Waals surface area (Å²) in [6.45, 7) is 3.80. The maximum atomic E-state index is 12.7. The molecule has 0 bridgehead atoms. The Bertz CT molecular complexity index is 1480. The standard InChI is InChI=1S/C24H17N5O4S/c1-13-4-3-5-15(10-13)23-27-28-21(25)19(22(30)26-24(28)34-23)12-17-8-9-20(33-17)18-11-16(29(31)32)7-6-14(18)2/h3-12,25H,1-2H3/b19-12-,25-21?. The lowest BCUT2D eigenvalue weighted by Crippen LogP contribution is -2.35. The maximum absolute atomic E-state index is 12.7. The number of benzene rings is 2. The monoisotopic (exact) mass is 471 g/mol. The van der Waals surface area contributed by atoms with Crippen LogP contribution in [0.5, 0.6) is 0 Å². The first-order chi connectivity index (χ1) is 16.3. The molecule has 0 spiro atoms. The summed E-state index contributed by atoms with van der Waals surface area (Å²) in [6, 6.07) is 15.6. The Morgan fingerprint density at radius 1 is 1.15 bits per heavy atom. The normalized spacial score (nSPS) is 16.5. The second-order valence-corrected chi connectivity index (χ2v) is 8.71. The molecule has 9 nitrogen and oxygen atoms in total. The van der Waals surface area contributed by atoms with Crippen molar-refractivity contribution in [3.05, 3.63) is 92.7 Å². The van der Waals surface area contributed by atoms with Crippen LogP contribution in [0.15, 0.2) is 74.7 Å². The highest BCUT2D eigenvalue weighted by atomic mass is 32.2. The molecule has 0 radical (unpaired) electrons. The molecule has 3 heterocycles. The number of hydrogen-bond donors (Lipinski definition) is 1. The summed E-state index contributed by atoms with van der Waals surface area (Å²) in [5, 5.41) is 26.5. The van der Waals surface area contributed by atoms with E-state index in [1.807, 2.05) is 38.1 Å². The third-order valence-electron chi connectivity index (χ3n) is 5.33. The van der Waals surface area contributed by atoms with Crippen LogP contribution in [-0.4, -0.2) is 31.9 Å². The van der Waals surface area contributed by atoms with Crippen molar-refractivity contribution in [2.45, 2.75) is 13.8 Å². The van der Waals surface area contributed by atoms with Crippen LogP contribution < -0.4 is 0 Å². The number of aliphatic imine (C=N–C) groups is 1. The Morgan fingerprint density at radius 2 is 1.97 bits per heavy atom. The van der Waals surface area contributed by atoms with Gasteiger partial charge in [-0.05, 0) is 55.4 Å². The van der Waals surface area contributed by atoms with Gasteiger partial charge < -0.3 is 4.42 Å². The third kappa shape index (κ3) is 3.84. The number of fused-ring (bicyclic) bond motifs is 1. The largest absolute Gasteiger partial charge is 0.457 e. The van der Waals surface area contributed by atoms with E-state index in [1.165, 1.54) is 35.0 Å². The van der Waals surface area contributed by atoms with Crippen LogP contribution in [0.3, 0.4) is 0 Å². The van der Waals surface area contributed by atoms with Crippen molar-refractivity contribution in [3.8, 4) is 11.3 Å². The predicted octanol–water partition coefficient (Wildman–Crippen LogP) is 5.14. The highest BCUT2D eigenvalue weighted by Gasteiger charge is 2.36. The van der Waals surface area contributed by atoms with E-state index >= 15 is 0 Å². The summed E-state index contributed by atoms with van der Waals surface area (Å²) in [5.74, 6) is 0.0782. The van der Waals surface area contributed by atoms with Crippen LogP contribution >= 0.6 is 11.8 Å². The van der Waals surface area contributed by atoms with Crippen molar-refractivity contribution in [2.75, 3.05) is 0 Å². The summed E-state index contributed by atoms with van der Waals surface area (Å²) in [5.41, 5.74) is 3.34. The van der Waals surface area contributed by atoms with Crippen LogP contribution in [0.25, 0.3) is 17.4 Å². The van der Waals surface area contributed by atoms with Crippen molar-refractivity contribution < 1.29 is 14.1 Å². The molecular formula is C24H17N5O4S. The number of nitrogens with one attached hydrogen (secondary N) is 1. The van der Waals surface area contributed by atoms with Gasteiger partial charge in [-0.2, -0.15) is 15.1 Å². The first-order valence-electron chi connectivity index (χ1n) is 10.2. The van der Waals surface area contributed by atoms with Gasteiger partial charge in [0.25, 0.3) is 11.6 Å². The number of amidine groups is 2. The summed E-state index contributed by atoms with van der Waals surface area (Å²) in [6.07, 6.45) is 1.44. The molecule has 5 rings (SSSR count). The molecule has 0 aliphatic carbocycles. The zero-order valence-electron chi connectivity index (χ0n) is 18.1. The van der Waals surface area contributed by atoms with Gasteiger partial charge in [0.05, 0.1) is 10.5 Å². The first-order valence-corrected chi connectivity index (χ1v) is 11.0. The van der Waals surface area contributed by atoms with Crippen molar-refractivity contribution >= 4 is 45.5 Å². The average Bonchev–Trinajstić information content (AvgIpc) is 3.44. The van der Waals surface area contributed by atoms with Crippen LogP contribution in [0, 0.1) is 29.4 Å². The fourth-order valence-electron chi connectivity index (χ4n) is 3.59. The fourth-order valence-corrected chi connectivity index (χ4v) is 4.48. The molecule has 1 amide bonds. The zero-order chi connectivity index (χ0) is 24.0. The number of rotatable bonds is 4. The van der Waals surface area contributed by atoms with Gasteiger partial charge in [-0.15, -0.1) is 0 Å². The minimum absolute atomic E-state index is 0.0373. The molecule has 1 aromatic heterocycles. The Balaban J connectivity index is 1.46. The highest BCUT2D eigenvalue weighted by Crippen LogP contribution is 2.33. The van der Waals surface area contributed by atoms with Gasteiger partial charge in [0.2, 0.25) is 5.17 Å². The van der Waals surface area contributed by atoms with Crippen molar-refractivity contribution in [1.29, 1.82) is 5.41 Å². The Hall–Kier alpha value is -4.31. The molecule has 0 unspecified atom stereocenters. The molecule has 0 saturated heterocycles. The number of thioether (sulfide) groups is 1. The van der Waals surface area contributed by atoms with Crippen LogP contribution in [-0.2, 0) is 4.79 Å². The van der Waals surface area contributed by atoms with E-state index in [2.05, 4.69) is 10.1 Å². The molecule has 2 aliphatic heterocycles. The van der Waals surface area contributed by atoms with E-state index in [0.717, 1.165) is 16.7 Å². The smallest absolute Gasteiger partial charge is 0.283 e. The van der Waals surface area contributed by atoms with Gasteiger partial charge in [-0.25, -0.2) is 0 Å². The van der Waals surface area contributed by atoms with E-state index < -0.39 is 10.8 Å². The molecule has 2 aliphatic rings. The molecule has 0 fully saturated rings. The van der Waals surface area contributed by atoms with E-state index in [4.69, 9.17) is 9.83 Å². The SMILES string of the molecule is Cc1cccc(C2=NN3C(=N)/C(=C/c4ccc(-c5cc([N+](=O)[O-])ccc5C)o4)C(=O)N=C3S2)c1. The number of carbonyl (C=O) groups is 1. The zero-order valence-corrected chi connectivity index (χ0v) is 18.9. The van der Waals surface area contributed by atoms with Crippen LogP contribution in [0.4, 0.5) is 5.69 Å². The minimum atomic E-state index is -0.561. The number of hydrazone groups is 1. The van der Waals surface area contributed by atoms with Crippen LogP contribution in [0.1, 0.15) is 22.5 Å². The van der Waals surface area contributed by atoms with Crippen molar-refractivity contribution in [2.24, 2.45) is 10.1 Å². The second-order valence-electron chi connectivity index (χ2n) is 7.75. The predicted molar refractivity (Wildman–Crippen MR) is 131 cm³/mol. The quantitative estimate of drug-likeness (QED) is 0.319. The number of hydrogen-bond acceptors (Lipinski definition) is 7. The van der Waals surface area contributed by atoms with E-state index in [9.17, 15) is 14.9 Å². The number of aryl methyl sites for hydroxylation is 2. The van der Waals surface area contributed by atoms with E-state index in [0.29, 0.717) is 27.3 Å². The van der Waals surface area contributed by atoms with Gasteiger partial charge in [0, 0.05) is 23.3 Å². The Morgan fingerprint density at radius 3 is 2.74 bits per heavy atom. The number of furan rings is 1. The Kier molecular flexibility index (Phi) is 5.21. The van der Waals surface area contributed by atoms with Crippen molar-refractivity contribution in [1.82, 2.24) is 5.01 Å². The number of nitro groups is 1. The lowest BCUT2D eigenvalue weighted by atomic mass is 10.1. The topological polar surface area (TPSA) is 125 Å². The Labute approximate surface area is 198 Å². The third-order valence-corrected chi connectivity index (χ3v) is 6.29. The number of non-ortho nitro benzene ring substituents is 1. The molecule has 3 aromatic rings. The summed E-state index contributed by atoms with van der Waals surface area (Å²) < 4.78 is 5.84. The molecule has 10 heteroatoms. The first kappa shape index (κ1) is 21.5. The molecule has 168 valence electrons. The molecule has 34 heavy (non-hydrogen) atoms. The van der Waals surface area contributed by atoms with Gasteiger partial charge in [0.15, 0.2) is 5.84 Å². The molecular weight excluding hydrogens is 454 g/mol. The minimum Gasteiger partial charge on any atom is -0.457 e. The molecule has 0 saturated carbocycles.